The summed E-state index contributed by atoms with van der Waals surface area (Å²) in [5.41, 5.74) is 8.24. The molecule has 2 aromatic rings. The summed E-state index contributed by atoms with van der Waals surface area (Å²) in [4.78, 5) is 16.0. The fraction of sp³-hybridized carbons (Fsp3) is 0.312. The maximum Gasteiger partial charge on any atom is 0.337 e. The Morgan fingerprint density at radius 2 is 1.88 bits per heavy atom. The molecular formula is C16H18ClN5O2. The zero-order chi connectivity index (χ0) is 17.1. The van der Waals surface area contributed by atoms with E-state index in [0.29, 0.717) is 16.5 Å². The van der Waals surface area contributed by atoms with Gasteiger partial charge in [0.1, 0.15) is 0 Å². The van der Waals surface area contributed by atoms with Gasteiger partial charge in [0.15, 0.2) is 11.0 Å². The molecule has 0 bridgehead atoms. The Morgan fingerprint density at radius 3 is 2.58 bits per heavy atom. The van der Waals surface area contributed by atoms with Crippen molar-refractivity contribution in [1.82, 2.24) is 10.2 Å². The van der Waals surface area contributed by atoms with Gasteiger partial charge in [-0.3, -0.25) is 0 Å². The Kier molecular flexibility index (Phi) is 4.71. The third-order valence-corrected chi connectivity index (χ3v) is 4.21. The number of benzene rings is 1. The van der Waals surface area contributed by atoms with E-state index in [1.807, 2.05) is 18.2 Å². The number of nitrogens with two attached hydrogens (primary N) is 1. The number of carbonyl (C=O) groups excluding carboxylic acids is 1. The van der Waals surface area contributed by atoms with E-state index in [2.05, 4.69) is 20.0 Å². The minimum Gasteiger partial charge on any atom is -0.465 e. The molecule has 0 atom stereocenters. The van der Waals surface area contributed by atoms with Gasteiger partial charge in [0.05, 0.1) is 18.4 Å². The van der Waals surface area contributed by atoms with E-state index in [9.17, 15) is 4.79 Å². The van der Waals surface area contributed by atoms with Gasteiger partial charge in [0, 0.05) is 37.9 Å². The smallest absolute Gasteiger partial charge is 0.337 e. The highest BCUT2D eigenvalue weighted by Crippen LogP contribution is 2.26. The number of esters is 1. The molecule has 0 amide bonds. The van der Waals surface area contributed by atoms with E-state index < -0.39 is 0 Å². The number of hydrogen-bond donors (Lipinski definition) is 1. The number of anilines is 3. The number of aromatic nitrogens is 2. The minimum atomic E-state index is -0.333. The van der Waals surface area contributed by atoms with Gasteiger partial charge < -0.3 is 20.3 Å². The zero-order valence-corrected chi connectivity index (χ0v) is 14.0. The SMILES string of the molecule is COC(=O)c1cccc(N2CCN(c3cc(Cl)nnc3N)CC2)c1. The van der Waals surface area contributed by atoms with E-state index in [1.54, 1.807) is 12.1 Å². The van der Waals surface area contributed by atoms with Gasteiger partial charge in [-0.1, -0.05) is 17.7 Å². The molecule has 0 aliphatic carbocycles. The molecule has 2 N–H and O–H groups in total. The van der Waals surface area contributed by atoms with E-state index in [1.165, 1.54) is 7.11 Å². The van der Waals surface area contributed by atoms with Gasteiger partial charge in [0.2, 0.25) is 0 Å². The van der Waals surface area contributed by atoms with Gasteiger partial charge in [-0.05, 0) is 18.2 Å². The second kappa shape index (κ2) is 6.92. The molecule has 1 aliphatic rings. The van der Waals surface area contributed by atoms with Crippen LogP contribution in [0.2, 0.25) is 5.15 Å². The normalized spacial score (nSPS) is 14.6. The lowest BCUT2D eigenvalue weighted by Crippen LogP contribution is -2.46. The van der Waals surface area contributed by atoms with Crippen molar-refractivity contribution in [3.05, 3.63) is 41.0 Å². The van der Waals surface area contributed by atoms with Crippen LogP contribution in [-0.2, 0) is 4.74 Å². The first-order valence-corrected chi connectivity index (χ1v) is 7.93. The number of methoxy groups -OCH3 is 1. The maximum absolute atomic E-state index is 11.7. The van der Waals surface area contributed by atoms with Crippen molar-refractivity contribution < 1.29 is 9.53 Å². The molecule has 1 aromatic carbocycles. The number of rotatable bonds is 3. The van der Waals surface area contributed by atoms with Crippen molar-refractivity contribution in [2.45, 2.75) is 0 Å². The molecule has 0 saturated carbocycles. The summed E-state index contributed by atoms with van der Waals surface area (Å²) < 4.78 is 4.77. The molecule has 7 nitrogen and oxygen atoms in total. The lowest BCUT2D eigenvalue weighted by molar-refractivity contribution is 0.0601. The predicted octanol–water partition coefficient (Wildman–Crippen LogP) is 1.83. The first kappa shape index (κ1) is 16.3. The topological polar surface area (TPSA) is 84.6 Å². The summed E-state index contributed by atoms with van der Waals surface area (Å²) in [6.45, 7) is 3.14. The molecule has 8 heteroatoms. The van der Waals surface area contributed by atoms with Gasteiger partial charge in [-0.25, -0.2) is 4.79 Å². The third-order valence-electron chi connectivity index (χ3n) is 4.02. The van der Waals surface area contributed by atoms with Gasteiger partial charge in [0.25, 0.3) is 0 Å². The molecule has 1 fully saturated rings. The summed E-state index contributed by atoms with van der Waals surface area (Å²) in [6, 6.07) is 9.18. The first-order valence-electron chi connectivity index (χ1n) is 7.55. The van der Waals surface area contributed by atoms with Crippen molar-refractivity contribution in [1.29, 1.82) is 0 Å². The molecule has 1 aromatic heterocycles. The highest BCUT2D eigenvalue weighted by molar-refractivity contribution is 6.29. The molecule has 0 radical (unpaired) electrons. The van der Waals surface area contributed by atoms with Crippen LogP contribution in [-0.4, -0.2) is 49.5 Å². The molecule has 2 heterocycles. The number of ether oxygens (including phenoxy) is 1. The summed E-state index contributed by atoms with van der Waals surface area (Å²) in [7, 11) is 1.38. The molecule has 24 heavy (non-hydrogen) atoms. The Balaban J connectivity index is 1.71. The fourth-order valence-electron chi connectivity index (χ4n) is 2.77. The van der Waals surface area contributed by atoms with Crippen LogP contribution in [0.4, 0.5) is 17.2 Å². The number of hydrogen-bond acceptors (Lipinski definition) is 7. The van der Waals surface area contributed by atoms with Crippen molar-refractivity contribution in [3.8, 4) is 0 Å². The van der Waals surface area contributed by atoms with Crippen molar-refractivity contribution in [2.24, 2.45) is 0 Å². The third kappa shape index (κ3) is 3.35. The van der Waals surface area contributed by atoms with Crippen LogP contribution >= 0.6 is 11.6 Å². The quantitative estimate of drug-likeness (QED) is 0.848. The predicted molar refractivity (Wildman–Crippen MR) is 93.7 cm³/mol. The largest absolute Gasteiger partial charge is 0.465 e. The average molecular weight is 348 g/mol. The number of piperazine rings is 1. The summed E-state index contributed by atoms with van der Waals surface area (Å²) in [5, 5.41) is 7.93. The summed E-state index contributed by atoms with van der Waals surface area (Å²) in [6.07, 6.45) is 0. The van der Waals surface area contributed by atoms with Crippen LogP contribution in [0.1, 0.15) is 10.4 Å². The van der Waals surface area contributed by atoms with Gasteiger partial charge >= 0.3 is 5.97 Å². The standard InChI is InChI=1S/C16H18ClN5O2/c1-24-16(23)11-3-2-4-12(9-11)21-5-7-22(8-6-21)13-10-14(17)19-20-15(13)18/h2-4,9-10H,5-8H2,1H3,(H2,18,20). The van der Waals surface area contributed by atoms with Gasteiger partial charge in [-0.2, -0.15) is 0 Å². The molecule has 1 saturated heterocycles. The average Bonchev–Trinajstić information content (AvgIpc) is 2.63. The van der Waals surface area contributed by atoms with Crippen LogP contribution in [0.15, 0.2) is 30.3 Å². The Hall–Kier alpha value is -2.54. The summed E-state index contributed by atoms with van der Waals surface area (Å²) >= 11 is 5.91. The maximum atomic E-state index is 11.7. The van der Waals surface area contributed by atoms with E-state index in [-0.39, 0.29) is 5.97 Å². The molecule has 3 rings (SSSR count). The molecular weight excluding hydrogens is 330 g/mol. The van der Waals surface area contributed by atoms with Gasteiger partial charge in [-0.15, -0.1) is 10.2 Å². The van der Waals surface area contributed by atoms with E-state index >= 15 is 0 Å². The Bertz CT molecular complexity index is 747. The molecule has 0 unspecified atom stereocenters. The molecule has 126 valence electrons. The van der Waals surface area contributed by atoms with Crippen LogP contribution in [0.3, 0.4) is 0 Å². The second-order valence-electron chi connectivity index (χ2n) is 5.45. The van der Waals surface area contributed by atoms with Crippen LogP contribution in [0.5, 0.6) is 0 Å². The monoisotopic (exact) mass is 347 g/mol. The Morgan fingerprint density at radius 1 is 1.17 bits per heavy atom. The fourth-order valence-corrected chi connectivity index (χ4v) is 2.92. The number of nitrogens with zero attached hydrogens (tertiary/aromatic N) is 4. The number of halogens is 1. The van der Waals surface area contributed by atoms with E-state index in [0.717, 1.165) is 37.6 Å². The van der Waals surface area contributed by atoms with Crippen LogP contribution in [0, 0.1) is 0 Å². The van der Waals surface area contributed by atoms with Crippen molar-refractivity contribution in [2.75, 3.05) is 48.8 Å². The first-order chi connectivity index (χ1) is 11.6. The highest BCUT2D eigenvalue weighted by atomic mass is 35.5. The number of carbonyl (C=O) groups is 1. The summed E-state index contributed by atoms with van der Waals surface area (Å²) in [5.74, 6) is 0.0429. The highest BCUT2D eigenvalue weighted by Gasteiger charge is 2.20. The van der Waals surface area contributed by atoms with E-state index in [4.69, 9.17) is 22.1 Å². The van der Waals surface area contributed by atoms with Crippen molar-refractivity contribution >= 4 is 34.8 Å². The lowest BCUT2D eigenvalue weighted by Gasteiger charge is -2.37. The van der Waals surface area contributed by atoms with Crippen LogP contribution < -0.4 is 15.5 Å². The molecule has 0 spiro atoms. The van der Waals surface area contributed by atoms with Crippen LogP contribution in [0.25, 0.3) is 0 Å². The lowest BCUT2D eigenvalue weighted by atomic mass is 10.1. The second-order valence-corrected chi connectivity index (χ2v) is 5.84. The minimum absolute atomic E-state index is 0.326. The number of nitrogen functional groups attached to an aromatic ring is 1. The van der Waals surface area contributed by atoms with Crippen molar-refractivity contribution in [3.63, 3.8) is 0 Å². The Labute approximate surface area is 145 Å². The zero-order valence-electron chi connectivity index (χ0n) is 13.3. The molecule has 1 aliphatic heterocycles.